The molecule has 2 aliphatic heterocycles. The number of carbonyl (C=O) groups excluding carboxylic acids is 3. The number of hydrogen-bond donors (Lipinski definition) is 2. The predicted octanol–water partition coefficient (Wildman–Crippen LogP) is 0.513. The molecule has 3 aliphatic rings. The van der Waals surface area contributed by atoms with E-state index in [1.165, 1.54) is 4.90 Å². The van der Waals surface area contributed by atoms with Crippen LogP contribution in [-0.2, 0) is 25.7 Å². The van der Waals surface area contributed by atoms with E-state index in [0.717, 1.165) is 30.6 Å². The van der Waals surface area contributed by atoms with Crippen LogP contribution in [0.2, 0.25) is 0 Å². The van der Waals surface area contributed by atoms with E-state index >= 15 is 0 Å². The lowest BCUT2D eigenvalue weighted by atomic mass is 9.81. The molecule has 0 radical (unpaired) electrons. The summed E-state index contributed by atoms with van der Waals surface area (Å²) in [4.78, 5) is 42.8. The lowest BCUT2D eigenvalue weighted by Crippen LogP contribution is -2.51. The van der Waals surface area contributed by atoms with Crippen molar-refractivity contribution in [1.29, 1.82) is 0 Å². The summed E-state index contributed by atoms with van der Waals surface area (Å²) in [5, 5.41) is 3.10. The van der Waals surface area contributed by atoms with Crippen LogP contribution in [0, 0.1) is 11.3 Å². The first-order valence-electron chi connectivity index (χ1n) is 11.5. The molecule has 1 aromatic rings. The Labute approximate surface area is 194 Å². The van der Waals surface area contributed by atoms with Gasteiger partial charge in [-0.1, -0.05) is 25.0 Å². The molecule has 1 saturated carbocycles. The fraction of sp³-hybridized carbons (Fsp3) is 0.625. The third kappa shape index (κ3) is 4.44. The number of likely N-dealkylation sites (N-methyl/N-ethyl adjacent to an activating group) is 1. The van der Waals surface area contributed by atoms with Gasteiger partial charge >= 0.3 is 0 Å². The normalized spacial score (nSPS) is 27.9. The Balaban J connectivity index is 1.56. The standard InChI is InChI=1S/C24H34N4O5/c1-26-18(10-15-4-5-15)22(30)28-14-24(11-19(28)21(25)29)20(33-3)13-27(23(24)31)12-16-6-8-17(32-2)9-7-16/h6-9,15,18-20,26H,4-5,10-14H2,1-3H3,(H2,25,29)/t18?,19-,20?,24-/m0/s1. The number of amides is 3. The lowest BCUT2D eigenvalue weighted by Gasteiger charge is -2.29. The van der Waals surface area contributed by atoms with Crippen LogP contribution in [-0.4, -0.2) is 80.1 Å². The molecule has 1 aromatic carbocycles. The van der Waals surface area contributed by atoms with E-state index in [0.29, 0.717) is 19.0 Å². The molecular formula is C24H34N4O5. The molecule has 33 heavy (non-hydrogen) atoms. The van der Waals surface area contributed by atoms with Crippen LogP contribution in [0.5, 0.6) is 5.75 Å². The number of nitrogens with two attached hydrogens (primary N) is 1. The molecule has 9 nitrogen and oxygen atoms in total. The number of nitrogens with one attached hydrogen (secondary N) is 1. The fourth-order valence-electron chi connectivity index (χ4n) is 5.34. The first-order valence-corrected chi connectivity index (χ1v) is 11.5. The highest BCUT2D eigenvalue weighted by Crippen LogP contribution is 2.46. The van der Waals surface area contributed by atoms with Crippen LogP contribution in [0.1, 0.15) is 31.2 Å². The second-order valence-corrected chi connectivity index (χ2v) is 9.52. The van der Waals surface area contributed by atoms with Crippen molar-refractivity contribution in [1.82, 2.24) is 15.1 Å². The van der Waals surface area contributed by atoms with Crippen molar-refractivity contribution in [3.05, 3.63) is 29.8 Å². The van der Waals surface area contributed by atoms with Gasteiger partial charge < -0.3 is 30.3 Å². The number of carbonyl (C=O) groups is 3. The van der Waals surface area contributed by atoms with Crippen molar-refractivity contribution >= 4 is 17.7 Å². The van der Waals surface area contributed by atoms with Crippen molar-refractivity contribution in [3.8, 4) is 5.75 Å². The summed E-state index contributed by atoms with van der Waals surface area (Å²) in [7, 11) is 4.94. The number of primary amides is 1. The average molecular weight is 459 g/mol. The van der Waals surface area contributed by atoms with Crippen molar-refractivity contribution in [2.24, 2.45) is 17.1 Å². The summed E-state index contributed by atoms with van der Waals surface area (Å²) in [5.74, 6) is 0.432. The van der Waals surface area contributed by atoms with Crippen molar-refractivity contribution in [2.75, 3.05) is 34.4 Å². The molecule has 2 heterocycles. The molecule has 3 N–H and O–H groups in total. The molecule has 3 amide bonds. The molecule has 4 rings (SSSR count). The van der Waals surface area contributed by atoms with Gasteiger partial charge in [-0.2, -0.15) is 0 Å². The lowest BCUT2D eigenvalue weighted by molar-refractivity contribution is -0.141. The average Bonchev–Trinajstić information content (AvgIpc) is 3.49. The first kappa shape index (κ1) is 23.5. The largest absolute Gasteiger partial charge is 0.497 e. The Morgan fingerprint density at radius 1 is 1.24 bits per heavy atom. The number of benzene rings is 1. The number of likely N-dealkylation sites (tertiary alicyclic amines) is 2. The summed E-state index contributed by atoms with van der Waals surface area (Å²) in [6.07, 6.45) is 2.73. The SMILES string of the molecule is CNC(CC1CC1)C(=O)N1C[C@]2(C[C@H]1C(N)=O)C(=O)N(Cc1ccc(OC)cc1)CC2OC. The zero-order valence-electron chi connectivity index (χ0n) is 19.6. The Bertz CT molecular complexity index is 903. The summed E-state index contributed by atoms with van der Waals surface area (Å²) >= 11 is 0. The van der Waals surface area contributed by atoms with Crippen LogP contribution >= 0.6 is 0 Å². The number of nitrogens with zero attached hydrogens (tertiary/aromatic N) is 2. The van der Waals surface area contributed by atoms with E-state index in [1.54, 1.807) is 26.2 Å². The maximum absolute atomic E-state index is 13.7. The van der Waals surface area contributed by atoms with E-state index in [4.69, 9.17) is 15.2 Å². The van der Waals surface area contributed by atoms with Crippen LogP contribution < -0.4 is 15.8 Å². The fourth-order valence-corrected chi connectivity index (χ4v) is 5.34. The highest BCUT2D eigenvalue weighted by Gasteiger charge is 2.62. The maximum atomic E-state index is 13.7. The minimum Gasteiger partial charge on any atom is -0.497 e. The molecule has 2 unspecified atom stereocenters. The minimum atomic E-state index is -0.978. The molecule has 0 bridgehead atoms. The van der Waals surface area contributed by atoms with Gasteiger partial charge in [0.15, 0.2) is 0 Å². The number of ether oxygens (including phenoxy) is 2. The third-order valence-electron chi connectivity index (χ3n) is 7.44. The molecular weight excluding hydrogens is 424 g/mol. The monoisotopic (exact) mass is 458 g/mol. The van der Waals surface area contributed by atoms with Crippen molar-refractivity contribution in [3.63, 3.8) is 0 Å². The van der Waals surface area contributed by atoms with Gasteiger partial charge in [0.05, 0.1) is 24.7 Å². The smallest absolute Gasteiger partial charge is 0.240 e. The molecule has 2 saturated heterocycles. The van der Waals surface area contributed by atoms with E-state index < -0.39 is 23.5 Å². The van der Waals surface area contributed by atoms with Gasteiger partial charge in [0, 0.05) is 26.7 Å². The van der Waals surface area contributed by atoms with Gasteiger partial charge in [-0.05, 0) is 43.5 Å². The molecule has 1 aliphatic carbocycles. The van der Waals surface area contributed by atoms with Gasteiger partial charge in [-0.25, -0.2) is 0 Å². The number of rotatable bonds is 9. The van der Waals surface area contributed by atoms with Gasteiger partial charge in [0.25, 0.3) is 0 Å². The molecule has 1 spiro atoms. The quantitative estimate of drug-likeness (QED) is 0.558. The van der Waals surface area contributed by atoms with Crippen LogP contribution in [0.25, 0.3) is 0 Å². The zero-order chi connectivity index (χ0) is 23.8. The Hall–Kier alpha value is -2.65. The molecule has 0 aromatic heterocycles. The van der Waals surface area contributed by atoms with Gasteiger partial charge in [0.2, 0.25) is 17.7 Å². The summed E-state index contributed by atoms with van der Waals surface area (Å²) in [6, 6.07) is 6.35. The minimum absolute atomic E-state index is 0.102. The molecule has 180 valence electrons. The second kappa shape index (κ2) is 9.30. The first-order chi connectivity index (χ1) is 15.8. The Morgan fingerprint density at radius 3 is 2.48 bits per heavy atom. The van der Waals surface area contributed by atoms with Crippen molar-refractivity contribution < 1.29 is 23.9 Å². The van der Waals surface area contributed by atoms with Gasteiger partial charge in [-0.15, -0.1) is 0 Å². The predicted molar refractivity (Wildman–Crippen MR) is 121 cm³/mol. The third-order valence-corrected chi connectivity index (χ3v) is 7.44. The summed E-state index contributed by atoms with van der Waals surface area (Å²) < 4.78 is 11.0. The second-order valence-electron chi connectivity index (χ2n) is 9.52. The number of methoxy groups -OCH3 is 2. The molecule has 9 heteroatoms. The van der Waals surface area contributed by atoms with Crippen molar-refractivity contribution in [2.45, 2.75) is 50.4 Å². The van der Waals surface area contributed by atoms with Crippen LogP contribution in [0.3, 0.4) is 0 Å². The topological polar surface area (TPSA) is 114 Å². The van der Waals surface area contributed by atoms with E-state index in [9.17, 15) is 14.4 Å². The highest BCUT2D eigenvalue weighted by atomic mass is 16.5. The summed E-state index contributed by atoms with van der Waals surface area (Å²) in [6.45, 7) is 0.950. The van der Waals surface area contributed by atoms with E-state index in [-0.39, 0.29) is 30.8 Å². The summed E-state index contributed by atoms with van der Waals surface area (Å²) in [5.41, 5.74) is 5.71. The van der Waals surface area contributed by atoms with Gasteiger partial charge in [0.1, 0.15) is 11.8 Å². The maximum Gasteiger partial charge on any atom is 0.240 e. The van der Waals surface area contributed by atoms with Crippen LogP contribution in [0.4, 0.5) is 0 Å². The molecule has 3 fully saturated rings. The Morgan fingerprint density at radius 2 is 1.94 bits per heavy atom. The highest BCUT2D eigenvalue weighted by molar-refractivity contribution is 5.94. The number of hydrogen-bond acceptors (Lipinski definition) is 6. The molecule has 4 atom stereocenters. The zero-order valence-corrected chi connectivity index (χ0v) is 19.6. The Kier molecular flexibility index (Phi) is 6.63. The van der Waals surface area contributed by atoms with E-state index in [2.05, 4.69) is 5.32 Å². The van der Waals surface area contributed by atoms with Crippen LogP contribution in [0.15, 0.2) is 24.3 Å². The van der Waals surface area contributed by atoms with E-state index in [1.807, 2.05) is 24.3 Å². The van der Waals surface area contributed by atoms with Gasteiger partial charge in [-0.3, -0.25) is 14.4 Å².